The molecule has 108 valence electrons. The van der Waals surface area contributed by atoms with Crippen LogP contribution in [0.5, 0.6) is 17.2 Å². The van der Waals surface area contributed by atoms with Gasteiger partial charge in [-0.25, -0.2) is 0 Å². The van der Waals surface area contributed by atoms with Gasteiger partial charge in [-0.05, 0) is 35.4 Å². The Kier molecular flexibility index (Phi) is 4.67. The Labute approximate surface area is 124 Å². The Balaban J connectivity index is 2.23. The van der Waals surface area contributed by atoms with E-state index in [9.17, 15) is 10.2 Å². The van der Waals surface area contributed by atoms with Gasteiger partial charge in [0.05, 0.1) is 7.11 Å². The van der Waals surface area contributed by atoms with Gasteiger partial charge in [0, 0.05) is 5.92 Å². The molecule has 2 rings (SSSR count). The first-order valence-electron chi connectivity index (χ1n) is 6.60. The van der Waals surface area contributed by atoms with Gasteiger partial charge in [-0.3, -0.25) is 0 Å². The molecular weight excluding hydrogens is 264 g/mol. The van der Waals surface area contributed by atoms with Crippen LogP contribution in [0.25, 0.3) is 6.08 Å². The molecule has 3 nitrogen and oxygen atoms in total. The first-order chi connectivity index (χ1) is 10.1. The predicted octanol–water partition coefficient (Wildman–Crippen LogP) is 4.09. The van der Waals surface area contributed by atoms with Gasteiger partial charge < -0.3 is 14.9 Å². The van der Waals surface area contributed by atoms with E-state index >= 15 is 0 Å². The zero-order valence-electron chi connectivity index (χ0n) is 11.9. The SMILES string of the molecule is C=CC(/C=C\c1ccc(O)cc1)c1ccc(O)c(OC)c1. The Morgan fingerprint density at radius 3 is 2.43 bits per heavy atom. The maximum Gasteiger partial charge on any atom is 0.160 e. The predicted molar refractivity (Wildman–Crippen MR) is 84.7 cm³/mol. The summed E-state index contributed by atoms with van der Waals surface area (Å²) in [5.41, 5.74) is 1.97. The van der Waals surface area contributed by atoms with E-state index in [2.05, 4.69) is 6.58 Å². The van der Waals surface area contributed by atoms with Crippen LogP contribution in [0.15, 0.2) is 61.2 Å². The van der Waals surface area contributed by atoms with E-state index in [1.807, 2.05) is 36.4 Å². The van der Waals surface area contributed by atoms with Gasteiger partial charge in [0.1, 0.15) is 5.75 Å². The highest BCUT2D eigenvalue weighted by Gasteiger charge is 2.08. The number of ether oxygens (including phenoxy) is 1. The number of allylic oxidation sites excluding steroid dienone is 2. The molecule has 3 heteroatoms. The minimum absolute atomic E-state index is 0.00769. The number of phenols is 2. The quantitative estimate of drug-likeness (QED) is 0.812. The number of benzene rings is 2. The van der Waals surface area contributed by atoms with Crippen molar-refractivity contribution in [2.24, 2.45) is 0 Å². The van der Waals surface area contributed by atoms with Gasteiger partial charge in [0.25, 0.3) is 0 Å². The molecule has 2 aromatic rings. The molecule has 0 saturated heterocycles. The van der Waals surface area contributed by atoms with E-state index in [4.69, 9.17) is 4.74 Å². The van der Waals surface area contributed by atoms with Crippen LogP contribution in [-0.4, -0.2) is 17.3 Å². The van der Waals surface area contributed by atoms with E-state index < -0.39 is 0 Å². The molecular formula is C18H18O3. The first kappa shape index (κ1) is 14.7. The van der Waals surface area contributed by atoms with Crippen molar-refractivity contribution in [2.45, 2.75) is 5.92 Å². The molecule has 0 radical (unpaired) electrons. The van der Waals surface area contributed by atoms with Crippen LogP contribution in [0, 0.1) is 0 Å². The third kappa shape index (κ3) is 3.66. The summed E-state index contributed by atoms with van der Waals surface area (Å²) in [5, 5.41) is 18.9. The Bertz CT molecular complexity index is 642. The van der Waals surface area contributed by atoms with Crippen molar-refractivity contribution < 1.29 is 14.9 Å². The monoisotopic (exact) mass is 282 g/mol. The Hall–Kier alpha value is -2.68. The lowest BCUT2D eigenvalue weighted by molar-refractivity contribution is 0.373. The maximum absolute atomic E-state index is 9.63. The second kappa shape index (κ2) is 6.66. The van der Waals surface area contributed by atoms with Gasteiger partial charge >= 0.3 is 0 Å². The van der Waals surface area contributed by atoms with Gasteiger partial charge in [-0.15, -0.1) is 6.58 Å². The van der Waals surface area contributed by atoms with Crippen molar-refractivity contribution in [1.82, 2.24) is 0 Å². The summed E-state index contributed by atoms with van der Waals surface area (Å²) in [7, 11) is 1.52. The van der Waals surface area contributed by atoms with Crippen LogP contribution < -0.4 is 4.74 Å². The fourth-order valence-electron chi connectivity index (χ4n) is 2.03. The third-order valence-corrected chi connectivity index (χ3v) is 3.23. The first-order valence-corrected chi connectivity index (χ1v) is 6.60. The standard InChI is InChI=1S/C18H18O3/c1-3-14(7-4-13-5-9-16(19)10-6-13)15-8-11-17(20)18(12-15)21-2/h3-12,14,19-20H,1H2,2H3/b7-4-. The van der Waals surface area contributed by atoms with Gasteiger partial charge in [0.15, 0.2) is 11.5 Å². The molecule has 2 N–H and O–H groups in total. The average Bonchev–Trinajstić information content (AvgIpc) is 2.51. The summed E-state index contributed by atoms with van der Waals surface area (Å²) >= 11 is 0. The zero-order valence-corrected chi connectivity index (χ0v) is 11.9. The molecule has 2 aromatic carbocycles. The molecule has 1 unspecified atom stereocenters. The molecule has 0 heterocycles. The molecule has 0 amide bonds. The molecule has 0 spiro atoms. The van der Waals surface area contributed by atoms with E-state index in [0.717, 1.165) is 11.1 Å². The van der Waals surface area contributed by atoms with Crippen LogP contribution in [0.1, 0.15) is 17.0 Å². The highest BCUT2D eigenvalue weighted by Crippen LogP contribution is 2.30. The maximum atomic E-state index is 9.63. The second-order valence-corrected chi connectivity index (χ2v) is 4.64. The average molecular weight is 282 g/mol. The molecule has 21 heavy (non-hydrogen) atoms. The van der Waals surface area contributed by atoms with Crippen LogP contribution in [0.3, 0.4) is 0 Å². The number of rotatable bonds is 5. The zero-order chi connectivity index (χ0) is 15.2. The highest BCUT2D eigenvalue weighted by atomic mass is 16.5. The fourth-order valence-corrected chi connectivity index (χ4v) is 2.03. The highest BCUT2D eigenvalue weighted by molar-refractivity contribution is 5.53. The van der Waals surface area contributed by atoms with E-state index in [0.29, 0.717) is 5.75 Å². The van der Waals surface area contributed by atoms with Crippen molar-refractivity contribution >= 4 is 6.08 Å². The molecule has 0 fully saturated rings. The van der Waals surface area contributed by atoms with E-state index in [1.54, 1.807) is 24.3 Å². The smallest absolute Gasteiger partial charge is 0.160 e. The molecule has 0 aromatic heterocycles. The topological polar surface area (TPSA) is 49.7 Å². The fraction of sp³-hybridized carbons (Fsp3) is 0.111. The number of phenolic OH excluding ortho intramolecular Hbond substituents is 2. The molecule has 0 aliphatic rings. The van der Waals surface area contributed by atoms with Crippen molar-refractivity contribution in [3.63, 3.8) is 0 Å². The van der Waals surface area contributed by atoms with Crippen LogP contribution >= 0.6 is 0 Å². The lowest BCUT2D eigenvalue weighted by Crippen LogP contribution is -1.92. The summed E-state index contributed by atoms with van der Waals surface area (Å²) in [6, 6.07) is 12.2. The van der Waals surface area contributed by atoms with Crippen LogP contribution in [-0.2, 0) is 0 Å². The molecule has 0 saturated carbocycles. The molecule has 1 atom stereocenters. The minimum atomic E-state index is 0.00769. The van der Waals surface area contributed by atoms with Gasteiger partial charge in [0.2, 0.25) is 0 Å². The van der Waals surface area contributed by atoms with Crippen molar-refractivity contribution in [1.29, 1.82) is 0 Å². The third-order valence-electron chi connectivity index (χ3n) is 3.23. The summed E-state index contributed by atoms with van der Waals surface area (Å²) in [6.07, 6.45) is 5.79. The summed E-state index contributed by atoms with van der Waals surface area (Å²) in [4.78, 5) is 0. The number of aromatic hydroxyl groups is 2. The summed E-state index contributed by atoms with van der Waals surface area (Å²) in [6.45, 7) is 3.85. The molecule has 0 aliphatic heterocycles. The number of hydrogen-bond donors (Lipinski definition) is 2. The van der Waals surface area contributed by atoms with Crippen LogP contribution in [0.4, 0.5) is 0 Å². The minimum Gasteiger partial charge on any atom is -0.508 e. The lowest BCUT2D eigenvalue weighted by atomic mass is 9.97. The number of hydrogen-bond acceptors (Lipinski definition) is 3. The van der Waals surface area contributed by atoms with Crippen molar-refractivity contribution in [3.8, 4) is 17.2 Å². The van der Waals surface area contributed by atoms with Crippen molar-refractivity contribution in [2.75, 3.05) is 7.11 Å². The molecule has 0 bridgehead atoms. The van der Waals surface area contributed by atoms with Gasteiger partial charge in [-0.2, -0.15) is 0 Å². The summed E-state index contributed by atoms with van der Waals surface area (Å²) in [5.74, 6) is 0.813. The van der Waals surface area contributed by atoms with E-state index in [-0.39, 0.29) is 17.4 Å². The van der Waals surface area contributed by atoms with Crippen molar-refractivity contribution in [3.05, 3.63) is 72.3 Å². The summed E-state index contributed by atoms with van der Waals surface area (Å²) < 4.78 is 5.12. The largest absolute Gasteiger partial charge is 0.508 e. The number of methoxy groups -OCH3 is 1. The Morgan fingerprint density at radius 2 is 1.81 bits per heavy atom. The molecule has 0 aliphatic carbocycles. The van der Waals surface area contributed by atoms with E-state index in [1.165, 1.54) is 7.11 Å². The normalized spacial score (nSPS) is 12.2. The lowest BCUT2D eigenvalue weighted by Gasteiger charge is -2.11. The van der Waals surface area contributed by atoms with Crippen LogP contribution in [0.2, 0.25) is 0 Å². The second-order valence-electron chi connectivity index (χ2n) is 4.64. The Morgan fingerprint density at radius 1 is 1.10 bits per heavy atom. The van der Waals surface area contributed by atoms with Gasteiger partial charge in [-0.1, -0.05) is 36.4 Å².